The van der Waals surface area contributed by atoms with Crippen molar-refractivity contribution in [2.75, 3.05) is 12.4 Å². The van der Waals surface area contributed by atoms with Crippen molar-refractivity contribution in [3.63, 3.8) is 0 Å². The van der Waals surface area contributed by atoms with Gasteiger partial charge in [0.2, 0.25) is 5.91 Å². The van der Waals surface area contributed by atoms with Gasteiger partial charge in [0, 0.05) is 11.8 Å². The fourth-order valence-corrected chi connectivity index (χ4v) is 3.96. The molecule has 1 saturated heterocycles. The van der Waals surface area contributed by atoms with E-state index in [0.29, 0.717) is 13.0 Å². The van der Waals surface area contributed by atoms with Crippen molar-refractivity contribution < 1.29 is 18.7 Å². The van der Waals surface area contributed by atoms with Gasteiger partial charge in [0.25, 0.3) is 5.24 Å². The molecule has 1 heterocycles. The van der Waals surface area contributed by atoms with Gasteiger partial charge in [0.15, 0.2) is 0 Å². The first kappa shape index (κ1) is 18.5. The van der Waals surface area contributed by atoms with E-state index in [2.05, 4.69) is 0 Å². The summed E-state index contributed by atoms with van der Waals surface area (Å²) in [7, 11) is 0. The second-order valence-electron chi connectivity index (χ2n) is 6.53. The first-order valence-corrected chi connectivity index (χ1v) is 9.95. The van der Waals surface area contributed by atoms with Crippen molar-refractivity contribution in [3.8, 4) is 5.75 Å². The van der Waals surface area contributed by atoms with Gasteiger partial charge in [-0.05, 0) is 34.7 Å². The van der Waals surface area contributed by atoms with E-state index < -0.39 is 0 Å². The maximum absolute atomic E-state index is 13.0. The Bertz CT molecular complexity index is 1020. The van der Waals surface area contributed by atoms with Crippen LogP contribution in [0.4, 0.5) is 9.18 Å². The number of carbonyl (C=O) groups excluding carboxylic acids is 2. The number of hydrogen-bond acceptors (Lipinski definition) is 4. The molecule has 1 fully saturated rings. The number of thioether (sulfide) groups is 1. The maximum Gasteiger partial charge on any atom is 0.289 e. The van der Waals surface area contributed by atoms with Crippen molar-refractivity contribution in [3.05, 3.63) is 77.6 Å². The molecule has 0 N–H and O–H groups in total. The first-order valence-electron chi connectivity index (χ1n) is 8.97. The summed E-state index contributed by atoms with van der Waals surface area (Å²) in [6.07, 6.45) is 0.671. The number of benzene rings is 3. The Morgan fingerprint density at radius 3 is 2.43 bits per heavy atom. The molecule has 142 valence electrons. The highest BCUT2D eigenvalue weighted by Gasteiger charge is 2.30. The Balaban J connectivity index is 1.53. The van der Waals surface area contributed by atoms with Crippen molar-refractivity contribution in [2.45, 2.75) is 13.0 Å². The maximum atomic E-state index is 13.0. The SMILES string of the molecule is O=C1CSC(=O)N1Cc1ccc(OCCc2ccc(F)cc2)c2ccccc12. The van der Waals surface area contributed by atoms with Crippen LogP contribution < -0.4 is 4.74 Å². The summed E-state index contributed by atoms with van der Waals surface area (Å²) in [5.41, 5.74) is 1.91. The molecule has 0 aliphatic carbocycles. The average molecular weight is 395 g/mol. The third-order valence-electron chi connectivity index (χ3n) is 4.70. The summed E-state index contributed by atoms with van der Waals surface area (Å²) >= 11 is 1.04. The number of rotatable bonds is 6. The monoisotopic (exact) mass is 395 g/mol. The predicted octanol–water partition coefficient (Wildman–Crippen LogP) is 4.80. The summed E-state index contributed by atoms with van der Waals surface area (Å²) in [4.78, 5) is 25.1. The molecule has 3 aromatic rings. The Morgan fingerprint density at radius 2 is 1.71 bits per heavy atom. The molecule has 0 aromatic heterocycles. The van der Waals surface area contributed by atoms with E-state index in [1.165, 1.54) is 17.0 Å². The highest BCUT2D eigenvalue weighted by Crippen LogP contribution is 2.31. The molecule has 0 spiro atoms. The summed E-state index contributed by atoms with van der Waals surface area (Å²) in [6, 6.07) is 18.0. The van der Waals surface area contributed by atoms with Gasteiger partial charge in [-0.25, -0.2) is 4.39 Å². The van der Waals surface area contributed by atoms with Crippen LogP contribution in [0.3, 0.4) is 0 Å². The van der Waals surface area contributed by atoms with Crippen LogP contribution in [0, 0.1) is 5.82 Å². The molecule has 2 amide bonds. The van der Waals surface area contributed by atoms with Gasteiger partial charge < -0.3 is 4.74 Å². The van der Waals surface area contributed by atoms with Gasteiger partial charge in [-0.3, -0.25) is 14.5 Å². The van der Waals surface area contributed by atoms with E-state index in [4.69, 9.17) is 4.74 Å². The van der Waals surface area contributed by atoms with E-state index in [-0.39, 0.29) is 29.3 Å². The van der Waals surface area contributed by atoms with Gasteiger partial charge in [0.05, 0.1) is 18.9 Å². The molecule has 4 rings (SSSR count). The molecule has 3 aromatic carbocycles. The lowest BCUT2D eigenvalue weighted by molar-refractivity contribution is -0.124. The summed E-state index contributed by atoms with van der Waals surface area (Å²) < 4.78 is 19.0. The molecule has 0 bridgehead atoms. The number of halogens is 1. The predicted molar refractivity (Wildman–Crippen MR) is 108 cm³/mol. The fourth-order valence-electron chi connectivity index (χ4n) is 3.23. The topological polar surface area (TPSA) is 46.6 Å². The first-order chi connectivity index (χ1) is 13.6. The van der Waals surface area contributed by atoms with Crippen LogP contribution in [0.5, 0.6) is 5.75 Å². The van der Waals surface area contributed by atoms with E-state index in [1.807, 2.05) is 36.4 Å². The van der Waals surface area contributed by atoms with Gasteiger partial charge >= 0.3 is 0 Å². The number of fused-ring (bicyclic) bond motifs is 1. The van der Waals surface area contributed by atoms with Crippen molar-refractivity contribution >= 4 is 33.7 Å². The van der Waals surface area contributed by atoms with Crippen molar-refractivity contribution in [1.82, 2.24) is 4.90 Å². The molecule has 1 aliphatic heterocycles. The van der Waals surface area contributed by atoms with Gasteiger partial charge in [-0.2, -0.15) is 0 Å². The highest BCUT2D eigenvalue weighted by molar-refractivity contribution is 8.14. The largest absolute Gasteiger partial charge is 0.493 e. The number of carbonyl (C=O) groups is 2. The third-order valence-corrected chi connectivity index (χ3v) is 5.56. The molecule has 28 heavy (non-hydrogen) atoms. The molecule has 1 aliphatic rings. The smallest absolute Gasteiger partial charge is 0.289 e. The average Bonchev–Trinajstić information content (AvgIpc) is 3.03. The zero-order valence-corrected chi connectivity index (χ0v) is 15.9. The molecule has 0 radical (unpaired) electrons. The number of ether oxygens (including phenoxy) is 1. The summed E-state index contributed by atoms with van der Waals surface area (Å²) in [5.74, 6) is 0.551. The van der Waals surface area contributed by atoms with Crippen LogP contribution in [0.1, 0.15) is 11.1 Å². The van der Waals surface area contributed by atoms with Crippen LogP contribution in [0.15, 0.2) is 60.7 Å². The van der Waals surface area contributed by atoms with Gasteiger partial charge in [-0.15, -0.1) is 0 Å². The van der Waals surface area contributed by atoms with Crippen LogP contribution in [0.2, 0.25) is 0 Å². The Labute approximate surface area is 166 Å². The minimum atomic E-state index is -0.250. The normalized spacial score (nSPS) is 14.1. The standard InChI is InChI=1S/C22H18FNO3S/c23-17-8-5-15(6-9-17)11-12-27-20-10-7-16(18-3-1-2-4-19(18)20)13-24-21(25)14-28-22(24)26/h1-10H,11-14H2. The zero-order chi connectivity index (χ0) is 19.5. The van der Waals surface area contributed by atoms with Gasteiger partial charge in [0.1, 0.15) is 11.6 Å². The van der Waals surface area contributed by atoms with Crippen LogP contribution in [0.25, 0.3) is 10.8 Å². The number of nitrogens with zero attached hydrogens (tertiary/aromatic N) is 1. The Morgan fingerprint density at radius 1 is 0.964 bits per heavy atom. The van der Waals surface area contributed by atoms with E-state index in [0.717, 1.165) is 39.4 Å². The fraction of sp³-hybridized carbons (Fsp3) is 0.182. The van der Waals surface area contributed by atoms with Crippen LogP contribution >= 0.6 is 11.8 Å². The number of imide groups is 1. The highest BCUT2D eigenvalue weighted by atomic mass is 32.2. The molecular formula is C22H18FNO3S. The molecule has 0 atom stereocenters. The lowest BCUT2D eigenvalue weighted by Gasteiger charge is -2.16. The van der Waals surface area contributed by atoms with Crippen LogP contribution in [-0.2, 0) is 17.8 Å². The van der Waals surface area contributed by atoms with Gasteiger partial charge in [-0.1, -0.05) is 54.2 Å². The molecule has 4 nitrogen and oxygen atoms in total. The minimum absolute atomic E-state index is 0.154. The Hall–Kier alpha value is -2.86. The van der Waals surface area contributed by atoms with E-state index in [1.54, 1.807) is 12.1 Å². The quantitative estimate of drug-likeness (QED) is 0.602. The van der Waals surface area contributed by atoms with Crippen molar-refractivity contribution in [2.24, 2.45) is 0 Å². The molecule has 0 unspecified atom stereocenters. The second kappa shape index (κ2) is 8.02. The zero-order valence-electron chi connectivity index (χ0n) is 15.1. The lowest BCUT2D eigenvalue weighted by Crippen LogP contribution is -2.28. The summed E-state index contributed by atoms with van der Waals surface area (Å²) in [6.45, 7) is 0.732. The number of hydrogen-bond donors (Lipinski definition) is 0. The van der Waals surface area contributed by atoms with E-state index in [9.17, 15) is 14.0 Å². The van der Waals surface area contributed by atoms with Crippen LogP contribution in [-0.4, -0.2) is 28.4 Å². The molecule has 0 saturated carbocycles. The second-order valence-corrected chi connectivity index (χ2v) is 7.45. The Kier molecular flexibility index (Phi) is 5.30. The molecule has 6 heteroatoms. The molecular weight excluding hydrogens is 377 g/mol. The lowest BCUT2D eigenvalue weighted by atomic mass is 10.0. The van der Waals surface area contributed by atoms with Crippen molar-refractivity contribution in [1.29, 1.82) is 0 Å². The minimum Gasteiger partial charge on any atom is -0.493 e. The summed E-state index contributed by atoms with van der Waals surface area (Å²) in [5, 5.41) is 1.69. The van der Waals surface area contributed by atoms with E-state index >= 15 is 0 Å². The third kappa shape index (κ3) is 3.87. The number of amides is 2.